The van der Waals surface area contributed by atoms with E-state index >= 15 is 0 Å². The van der Waals surface area contributed by atoms with Crippen LogP contribution in [-0.2, 0) is 31.6 Å². The van der Waals surface area contributed by atoms with Crippen molar-refractivity contribution in [1.29, 1.82) is 0 Å². The Balaban J connectivity index is 1.55. The number of hydrogen-bond acceptors (Lipinski definition) is 14. The minimum atomic E-state index is -5.67. The first-order chi connectivity index (χ1) is 19.6. The van der Waals surface area contributed by atoms with Crippen molar-refractivity contribution in [3.8, 4) is 0 Å². The number of nitrogens with zero attached hydrogens (tertiary/aromatic N) is 2. The van der Waals surface area contributed by atoms with Gasteiger partial charge in [-0.15, -0.1) is 0 Å². The SMILES string of the molecule is NCCCCCCCCNP(=O)(O)OP(=O)(O)OP(=O)(O)OC[C@H]1O[C@@H](n2c(=O)[nH]c3c(=O)[nH]c(N)nc32)[C@H](O)[C@@H]1O. The van der Waals surface area contributed by atoms with E-state index in [2.05, 4.69) is 28.1 Å². The molecule has 0 radical (unpaired) electrons. The number of nitrogens with two attached hydrogens (primary N) is 2. The summed E-state index contributed by atoms with van der Waals surface area (Å²) in [6.07, 6.45) is -2.32. The van der Waals surface area contributed by atoms with Crippen LogP contribution < -0.4 is 27.8 Å². The number of nitrogens with one attached hydrogen (secondary N) is 3. The van der Waals surface area contributed by atoms with Gasteiger partial charge in [-0.3, -0.25) is 19.3 Å². The highest BCUT2D eigenvalue weighted by atomic mass is 31.3. The van der Waals surface area contributed by atoms with Gasteiger partial charge in [0.1, 0.15) is 18.3 Å². The van der Waals surface area contributed by atoms with E-state index in [0.29, 0.717) is 24.0 Å². The molecule has 1 aliphatic rings. The molecule has 0 saturated carbocycles. The van der Waals surface area contributed by atoms with Gasteiger partial charge in [-0.05, 0) is 19.4 Å². The van der Waals surface area contributed by atoms with Crippen LogP contribution in [0.25, 0.3) is 11.2 Å². The molecule has 0 aliphatic carbocycles. The van der Waals surface area contributed by atoms with Crippen LogP contribution in [0.3, 0.4) is 0 Å². The lowest BCUT2D eigenvalue weighted by atomic mass is 10.1. The molecule has 2 aromatic heterocycles. The normalized spacial score (nSPS) is 25.3. The van der Waals surface area contributed by atoms with E-state index in [0.717, 1.165) is 25.7 Å². The number of imidazole rings is 1. The summed E-state index contributed by atoms with van der Waals surface area (Å²) in [6, 6.07) is 0. The predicted molar refractivity (Wildman–Crippen MR) is 144 cm³/mol. The standard InChI is InChI=1S/C18H34N7O14P3/c19-7-5-3-1-2-4-6-8-21-40(30,31)38-42(34,35)39-41(32,33)36-9-10-12(26)13(27)16(37-10)25-14-11(22-18(25)29)15(28)24-17(20)23-14/h10,12-13,16,26-27H,1-9,19H2,(H,22,29)(H,32,33)(H,34,35)(H2,21,30,31)(H3,20,23,24,28)/t10-,12-,13-,16-/m1/s1. The van der Waals surface area contributed by atoms with Gasteiger partial charge in [0.05, 0.1) is 6.61 Å². The number of hydrogen-bond donors (Lipinski definition) is 10. The number of aliphatic hydroxyl groups excluding tert-OH is 2. The van der Waals surface area contributed by atoms with Gasteiger partial charge in [0.2, 0.25) is 5.95 Å². The number of rotatable bonds is 17. The van der Waals surface area contributed by atoms with Gasteiger partial charge in [0.15, 0.2) is 17.4 Å². The summed E-state index contributed by atoms with van der Waals surface area (Å²) in [7, 11) is -16.2. The Hall–Kier alpha value is -1.80. The number of ether oxygens (including phenoxy) is 1. The lowest BCUT2D eigenvalue weighted by Gasteiger charge is -2.20. The van der Waals surface area contributed by atoms with E-state index in [1.54, 1.807) is 0 Å². The molecule has 7 atom stereocenters. The smallest absolute Gasteiger partial charge is 0.387 e. The molecular formula is C18H34N7O14P3. The Morgan fingerprint density at radius 2 is 1.60 bits per heavy atom. The highest BCUT2D eigenvalue weighted by molar-refractivity contribution is 7.67. The summed E-state index contributed by atoms with van der Waals surface area (Å²) >= 11 is 0. The van der Waals surface area contributed by atoms with Gasteiger partial charge in [-0.2, -0.15) is 13.6 Å². The zero-order chi connectivity index (χ0) is 31.3. The highest BCUT2D eigenvalue weighted by Crippen LogP contribution is 2.66. The van der Waals surface area contributed by atoms with Crippen molar-refractivity contribution in [3.63, 3.8) is 0 Å². The second kappa shape index (κ2) is 14.3. The fraction of sp³-hybridized carbons (Fsp3) is 0.722. The minimum absolute atomic E-state index is 0.0750. The number of phosphoric ester groups is 1. The number of unbranched alkanes of at least 4 members (excludes halogenated alkanes) is 5. The third kappa shape index (κ3) is 9.35. The summed E-state index contributed by atoms with van der Waals surface area (Å²) in [5, 5.41) is 22.8. The molecule has 240 valence electrons. The Morgan fingerprint density at radius 1 is 0.952 bits per heavy atom. The second-order valence-electron chi connectivity index (χ2n) is 9.23. The van der Waals surface area contributed by atoms with Crippen LogP contribution in [0.5, 0.6) is 0 Å². The van der Waals surface area contributed by atoms with Crippen LogP contribution in [0.4, 0.5) is 5.95 Å². The van der Waals surface area contributed by atoms with E-state index in [1.807, 2.05) is 5.09 Å². The zero-order valence-corrected chi connectivity index (χ0v) is 24.7. The van der Waals surface area contributed by atoms with Gasteiger partial charge in [-0.25, -0.2) is 28.1 Å². The number of nitrogen functional groups attached to an aromatic ring is 1. The van der Waals surface area contributed by atoms with Crippen molar-refractivity contribution in [1.82, 2.24) is 24.6 Å². The van der Waals surface area contributed by atoms with Crippen LogP contribution in [0, 0.1) is 0 Å². The summed E-state index contributed by atoms with van der Waals surface area (Å²) < 4.78 is 55.2. The zero-order valence-electron chi connectivity index (χ0n) is 22.0. The van der Waals surface area contributed by atoms with E-state index in [4.69, 9.17) is 16.2 Å². The lowest BCUT2D eigenvalue weighted by Crippen LogP contribution is -2.35. The molecule has 21 nitrogen and oxygen atoms in total. The molecule has 1 saturated heterocycles. The van der Waals surface area contributed by atoms with E-state index in [9.17, 15) is 48.2 Å². The fourth-order valence-electron chi connectivity index (χ4n) is 4.05. The van der Waals surface area contributed by atoms with Crippen molar-refractivity contribution >= 4 is 40.5 Å². The van der Waals surface area contributed by atoms with Crippen LogP contribution >= 0.6 is 23.4 Å². The highest BCUT2D eigenvalue weighted by Gasteiger charge is 2.47. The average molecular weight is 665 g/mol. The van der Waals surface area contributed by atoms with Crippen molar-refractivity contribution in [2.24, 2.45) is 5.73 Å². The molecule has 0 spiro atoms. The molecule has 2 aromatic rings. The molecule has 3 rings (SSSR count). The van der Waals surface area contributed by atoms with Gasteiger partial charge in [-0.1, -0.05) is 25.7 Å². The van der Waals surface area contributed by atoms with Crippen molar-refractivity contribution in [2.75, 3.05) is 25.4 Å². The second-order valence-corrected chi connectivity index (χ2v) is 14.0. The fourth-order valence-corrected chi connectivity index (χ4v) is 7.79. The number of aromatic nitrogens is 4. The van der Waals surface area contributed by atoms with E-state index in [-0.39, 0.29) is 23.7 Å². The molecular weight excluding hydrogens is 631 g/mol. The van der Waals surface area contributed by atoms with Crippen LogP contribution in [0.2, 0.25) is 0 Å². The maximum Gasteiger partial charge on any atom is 0.489 e. The molecule has 1 aliphatic heterocycles. The predicted octanol–water partition coefficient (Wildman–Crippen LogP) is -1.15. The van der Waals surface area contributed by atoms with E-state index in [1.165, 1.54) is 0 Å². The molecule has 0 amide bonds. The number of anilines is 1. The summed E-state index contributed by atoms with van der Waals surface area (Å²) in [5.41, 5.74) is 8.45. The van der Waals surface area contributed by atoms with Crippen LogP contribution in [0.1, 0.15) is 44.8 Å². The number of fused-ring (bicyclic) bond motifs is 1. The lowest BCUT2D eigenvalue weighted by molar-refractivity contribution is -0.0516. The Bertz CT molecular complexity index is 1480. The summed E-state index contributed by atoms with van der Waals surface area (Å²) in [5.74, 6) is -0.376. The number of phosphoric acid groups is 2. The maximum atomic E-state index is 12.4. The molecule has 24 heteroatoms. The first-order valence-electron chi connectivity index (χ1n) is 12.6. The number of aliphatic hydroxyl groups is 2. The van der Waals surface area contributed by atoms with Crippen LogP contribution in [-0.4, -0.2) is 82.4 Å². The first-order valence-corrected chi connectivity index (χ1v) is 17.1. The average Bonchev–Trinajstić information content (AvgIpc) is 3.33. The molecule has 3 unspecified atom stereocenters. The minimum Gasteiger partial charge on any atom is -0.387 e. The maximum absolute atomic E-state index is 12.4. The quantitative estimate of drug-likeness (QED) is 0.0704. The summed E-state index contributed by atoms with van der Waals surface area (Å²) in [4.78, 5) is 62.0. The Labute approximate surface area is 237 Å². The van der Waals surface area contributed by atoms with E-state index < -0.39 is 65.8 Å². The van der Waals surface area contributed by atoms with Crippen molar-refractivity contribution in [2.45, 2.75) is 63.1 Å². The Morgan fingerprint density at radius 3 is 2.26 bits per heavy atom. The van der Waals surface area contributed by atoms with Gasteiger partial charge < -0.3 is 41.1 Å². The molecule has 12 N–H and O–H groups in total. The van der Waals surface area contributed by atoms with Gasteiger partial charge in [0, 0.05) is 6.54 Å². The number of H-pyrrole nitrogens is 2. The van der Waals surface area contributed by atoms with Crippen molar-refractivity contribution in [3.05, 3.63) is 20.8 Å². The first kappa shape index (κ1) is 34.7. The largest absolute Gasteiger partial charge is 0.489 e. The summed E-state index contributed by atoms with van der Waals surface area (Å²) in [6.45, 7) is -0.543. The molecule has 1 fully saturated rings. The monoisotopic (exact) mass is 665 g/mol. The molecule has 42 heavy (non-hydrogen) atoms. The molecule has 0 aromatic carbocycles. The Kier molecular flexibility index (Phi) is 11.8. The third-order valence-electron chi connectivity index (χ3n) is 5.95. The molecule has 3 heterocycles. The third-order valence-corrected chi connectivity index (χ3v) is 10.4. The number of aromatic amines is 2. The van der Waals surface area contributed by atoms with Crippen LogP contribution in [0.15, 0.2) is 9.59 Å². The topological polar surface area (TPSA) is 337 Å². The molecule has 0 bridgehead atoms. The van der Waals surface area contributed by atoms with Crippen molar-refractivity contribution < 1.29 is 56.5 Å². The van der Waals surface area contributed by atoms with Gasteiger partial charge >= 0.3 is 29.1 Å². The van der Waals surface area contributed by atoms with Gasteiger partial charge in [0.25, 0.3) is 5.56 Å².